The number of rotatable bonds is 5. The fourth-order valence-electron chi connectivity index (χ4n) is 2.66. The van der Waals surface area contributed by atoms with Gasteiger partial charge >= 0.3 is 17.9 Å². The molecule has 7 nitrogen and oxygen atoms in total. The van der Waals surface area contributed by atoms with Crippen LogP contribution in [0.4, 0.5) is 0 Å². The van der Waals surface area contributed by atoms with Gasteiger partial charge in [0.05, 0.1) is 38.4 Å². The molecule has 26 heavy (non-hydrogen) atoms. The summed E-state index contributed by atoms with van der Waals surface area (Å²) in [5.74, 6) is -2.41. The summed E-state index contributed by atoms with van der Waals surface area (Å²) in [6.45, 7) is 1.70. The molecule has 8 heteroatoms. The lowest BCUT2D eigenvalue weighted by Gasteiger charge is -2.29. The van der Waals surface area contributed by atoms with Crippen LogP contribution in [0.1, 0.15) is 17.7 Å². The lowest BCUT2D eigenvalue weighted by Crippen LogP contribution is -2.32. The van der Waals surface area contributed by atoms with Crippen LogP contribution in [-0.2, 0) is 28.6 Å². The van der Waals surface area contributed by atoms with Crippen LogP contribution in [0.25, 0.3) is 0 Å². The minimum absolute atomic E-state index is 0.209. The van der Waals surface area contributed by atoms with Gasteiger partial charge in [0, 0.05) is 22.3 Å². The number of esters is 3. The molecule has 0 amide bonds. The Bertz CT molecular complexity index is 804. The van der Waals surface area contributed by atoms with E-state index < -0.39 is 23.8 Å². The summed E-state index contributed by atoms with van der Waals surface area (Å²) in [6, 6.07) is 3.65. The molecule has 0 spiro atoms. The fourth-order valence-corrected chi connectivity index (χ4v) is 3.51. The van der Waals surface area contributed by atoms with Crippen molar-refractivity contribution in [3.05, 3.63) is 57.1 Å². The second kappa shape index (κ2) is 8.48. The molecular weight excluding hydrogens is 358 g/mol. The highest BCUT2D eigenvalue weighted by Gasteiger charge is 2.38. The van der Waals surface area contributed by atoms with Crippen molar-refractivity contribution in [2.45, 2.75) is 12.8 Å². The lowest BCUT2D eigenvalue weighted by atomic mass is 9.84. The number of ether oxygens (including phenoxy) is 3. The predicted molar refractivity (Wildman–Crippen MR) is 95.1 cm³/mol. The van der Waals surface area contributed by atoms with Gasteiger partial charge in [-0.2, -0.15) is 0 Å². The van der Waals surface area contributed by atoms with E-state index in [0.717, 1.165) is 4.88 Å². The first-order chi connectivity index (χ1) is 12.4. The van der Waals surface area contributed by atoms with Gasteiger partial charge in [-0.25, -0.2) is 14.4 Å². The van der Waals surface area contributed by atoms with Crippen LogP contribution in [0.5, 0.6) is 0 Å². The topological polar surface area (TPSA) is 90.9 Å². The highest BCUT2D eigenvalue weighted by atomic mass is 32.1. The first-order valence-electron chi connectivity index (χ1n) is 7.62. The summed E-state index contributed by atoms with van der Waals surface area (Å²) < 4.78 is 14.4. The number of thiophene rings is 1. The van der Waals surface area contributed by atoms with E-state index in [2.05, 4.69) is 10.1 Å². The molecule has 0 bridgehead atoms. The van der Waals surface area contributed by atoms with Crippen LogP contribution in [-0.4, -0.2) is 39.2 Å². The van der Waals surface area contributed by atoms with Gasteiger partial charge in [-0.15, -0.1) is 11.3 Å². The predicted octanol–water partition coefficient (Wildman–Crippen LogP) is 2.04. The molecule has 1 aromatic heterocycles. The van der Waals surface area contributed by atoms with Crippen molar-refractivity contribution in [1.82, 2.24) is 5.32 Å². The largest absolute Gasteiger partial charge is 0.466 e. The van der Waals surface area contributed by atoms with E-state index in [0.29, 0.717) is 17.0 Å². The molecule has 0 radical (unpaired) electrons. The molecule has 1 aliphatic heterocycles. The van der Waals surface area contributed by atoms with Crippen molar-refractivity contribution in [3.63, 3.8) is 0 Å². The van der Waals surface area contributed by atoms with Crippen LogP contribution >= 0.6 is 11.3 Å². The maximum Gasteiger partial charge on any atom is 0.336 e. The number of carbonyl (C=O) groups is 3. The highest BCUT2D eigenvalue weighted by Crippen LogP contribution is 2.41. The third-order valence-corrected chi connectivity index (χ3v) is 4.76. The second-order valence-corrected chi connectivity index (χ2v) is 6.26. The van der Waals surface area contributed by atoms with Crippen LogP contribution < -0.4 is 5.32 Å². The van der Waals surface area contributed by atoms with Gasteiger partial charge in [0.2, 0.25) is 0 Å². The molecule has 2 rings (SSSR count). The van der Waals surface area contributed by atoms with Crippen molar-refractivity contribution in [1.29, 1.82) is 0 Å². The molecule has 0 aliphatic carbocycles. The summed E-state index contributed by atoms with van der Waals surface area (Å²) in [4.78, 5) is 37.1. The van der Waals surface area contributed by atoms with Crippen LogP contribution in [0.15, 0.2) is 52.2 Å². The van der Waals surface area contributed by atoms with Gasteiger partial charge in [0.1, 0.15) is 0 Å². The number of carbonyl (C=O) groups excluding carboxylic acids is 3. The third-order valence-electron chi connectivity index (χ3n) is 3.82. The summed E-state index contributed by atoms with van der Waals surface area (Å²) in [5, 5.41) is 4.83. The highest BCUT2D eigenvalue weighted by molar-refractivity contribution is 7.10. The molecule has 0 aromatic carbocycles. The van der Waals surface area contributed by atoms with Crippen molar-refractivity contribution in [2.75, 3.05) is 21.3 Å². The number of hydrogen-bond acceptors (Lipinski definition) is 8. The van der Waals surface area contributed by atoms with Crippen LogP contribution in [0.3, 0.4) is 0 Å². The Morgan fingerprint density at radius 1 is 1.08 bits per heavy atom. The van der Waals surface area contributed by atoms with Gasteiger partial charge in [0.15, 0.2) is 0 Å². The standard InChI is InChI=1S/C18H19NO6S/c1-10-14(17(21)24-3)16(12-6-5-9-26-12)15(18(22)25-4)11(19-10)7-8-13(20)23-2/h5-9,16,19H,1-4H3/b8-7-/t16-/m1/s1. The summed E-state index contributed by atoms with van der Waals surface area (Å²) in [7, 11) is 3.79. The number of methoxy groups -OCH3 is 3. The molecule has 138 valence electrons. The number of nitrogens with one attached hydrogen (secondary N) is 1. The number of hydrogen-bond donors (Lipinski definition) is 1. The van der Waals surface area contributed by atoms with Crippen molar-refractivity contribution in [3.8, 4) is 0 Å². The summed E-state index contributed by atoms with van der Waals surface area (Å²) in [5.41, 5.74) is 1.39. The van der Waals surface area contributed by atoms with E-state index >= 15 is 0 Å². The number of dihydropyridines is 1. The average Bonchev–Trinajstić information content (AvgIpc) is 3.18. The van der Waals surface area contributed by atoms with E-state index in [1.807, 2.05) is 17.5 Å². The molecule has 0 unspecified atom stereocenters. The maximum atomic E-state index is 12.5. The Kier molecular flexibility index (Phi) is 6.35. The van der Waals surface area contributed by atoms with Crippen molar-refractivity contribution >= 4 is 29.2 Å². The quantitative estimate of drug-likeness (QED) is 0.477. The van der Waals surface area contributed by atoms with Gasteiger partial charge in [-0.1, -0.05) is 6.07 Å². The minimum atomic E-state index is -0.673. The van der Waals surface area contributed by atoms with Gasteiger partial charge in [-0.3, -0.25) is 0 Å². The molecule has 0 saturated heterocycles. The SMILES string of the molecule is COC(=O)/C=C\C1=C(C(=O)OC)[C@H](c2cccs2)C(C(=O)OC)=C(C)N1. The molecule has 0 saturated carbocycles. The van der Waals surface area contributed by atoms with Gasteiger partial charge < -0.3 is 19.5 Å². The Labute approximate surface area is 154 Å². The smallest absolute Gasteiger partial charge is 0.336 e. The van der Waals surface area contributed by atoms with Crippen LogP contribution in [0.2, 0.25) is 0 Å². The molecule has 1 atom stereocenters. The normalized spacial score (nSPS) is 17.2. The molecular formula is C18H19NO6S. The summed E-state index contributed by atoms with van der Waals surface area (Å²) >= 11 is 1.40. The zero-order chi connectivity index (χ0) is 19.3. The first-order valence-corrected chi connectivity index (χ1v) is 8.50. The molecule has 1 aliphatic rings. The van der Waals surface area contributed by atoms with E-state index in [4.69, 9.17) is 9.47 Å². The Balaban J connectivity index is 2.68. The molecule has 1 aromatic rings. The summed E-state index contributed by atoms with van der Waals surface area (Å²) in [6.07, 6.45) is 2.61. The monoisotopic (exact) mass is 377 g/mol. The fraction of sp³-hybridized carbons (Fsp3) is 0.278. The minimum Gasteiger partial charge on any atom is -0.466 e. The van der Waals surface area contributed by atoms with E-state index in [1.54, 1.807) is 6.92 Å². The van der Waals surface area contributed by atoms with Crippen molar-refractivity contribution in [2.24, 2.45) is 0 Å². The Hall–Kier alpha value is -2.87. The van der Waals surface area contributed by atoms with E-state index in [-0.39, 0.29) is 5.57 Å². The first kappa shape index (κ1) is 19.5. The lowest BCUT2D eigenvalue weighted by molar-refractivity contribution is -0.137. The average molecular weight is 377 g/mol. The zero-order valence-electron chi connectivity index (χ0n) is 14.8. The van der Waals surface area contributed by atoms with Gasteiger partial charge in [0.25, 0.3) is 0 Å². The maximum absolute atomic E-state index is 12.5. The zero-order valence-corrected chi connectivity index (χ0v) is 15.6. The molecule has 0 fully saturated rings. The molecule has 1 N–H and O–H groups in total. The van der Waals surface area contributed by atoms with Crippen molar-refractivity contribution < 1.29 is 28.6 Å². The number of allylic oxidation sites excluding steroid dienone is 2. The molecule has 2 heterocycles. The van der Waals surface area contributed by atoms with Crippen LogP contribution in [0, 0.1) is 0 Å². The third kappa shape index (κ3) is 3.85. The van der Waals surface area contributed by atoms with Gasteiger partial charge in [-0.05, 0) is 24.4 Å². The van der Waals surface area contributed by atoms with E-state index in [1.165, 1.54) is 44.8 Å². The van der Waals surface area contributed by atoms with E-state index in [9.17, 15) is 14.4 Å². The second-order valence-electron chi connectivity index (χ2n) is 5.28. The Morgan fingerprint density at radius 2 is 1.73 bits per heavy atom. The Morgan fingerprint density at radius 3 is 2.27 bits per heavy atom.